The Hall–Kier alpha value is -1.62. The van der Waals surface area contributed by atoms with Crippen molar-refractivity contribution in [1.29, 1.82) is 0 Å². The highest BCUT2D eigenvalue weighted by Gasteiger charge is 2.34. The van der Waals surface area contributed by atoms with Gasteiger partial charge < -0.3 is 4.74 Å². The van der Waals surface area contributed by atoms with Gasteiger partial charge in [0.05, 0.1) is 0 Å². The first-order valence-electron chi connectivity index (χ1n) is 10.1. The summed E-state index contributed by atoms with van der Waals surface area (Å²) in [6.07, 6.45) is 0.604. The fraction of sp³-hybridized carbons (Fsp3) is 0.652. The largest absolute Gasteiger partial charge is 0.353 e. The van der Waals surface area contributed by atoms with Crippen LogP contribution in [-0.2, 0) is 23.9 Å². The summed E-state index contributed by atoms with van der Waals surface area (Å²) in [4.78, 5) is 36.0. The number of ether oxygens (including phenoxy) is 1. The average molecular weight is 442 g/mol. The molecule has 6 nitrogen and oxygen atoms in total. The lowest BCUT2D eigenvalue weighted by molar-refractivity contribution is -0.343. The highest BCUT2D eigenvalue weighted by molar-refractivity contribution is 7.00. The van der Waals surface area contributed by atoms with E-state index in [9.17, 15) is 9.59 Å². The van der Waals surface area contributed by atoms with Crippen LogP contribution in [0.25, 0.3) is 0 Å². The fourth-order valence-corrected chi connectivity index (χ4v) is 3.80. The first-order chi connectivity index (χ1) is 13.9. The van der Waals surface area contributed by atoms with Crippen molar-refractivity contribution in [1.82, 2.24) is 0 Å². The van der Waals surface area contributed by atoms with Crippen LogP contribution in [0.15, 0.2) is 12.1 Å². The molecule has 0 N–H and O–H groups in total. The molecule has 0 spiro atoms. The molecule has 30 heavy (non-hydrogen) atoms. The van der Waals surface area contributed by atoms with Gasteiger partial charge in [-0.25, -0.2) is 4.79 Å². The number of benzene rings is 1. The van der Waals surface area contributed by atoms with Crippen molar-refractivity contribution < 1.29 is 28.7 Å². The number of methoxy groups -OCH3 is 1. The number of carbonyl (C=O) groups excluding carboxylic acids is 2. The highest BCUT2D eigenvalue weighted by Crippen LogP contribution is 2.31. The van der Waals surface area contributed by atoms with Crippen LogP contribution in [0.3, 0.4) is 0 Å². The van der Waals surface area contributed by atoms with Crippen LogP contribution < -0.4 is 0 Å². The number of aryl methyl sites for hydroxylation is 3. The van der Waals surface area contributed by atoms with Gasteiger partial charge >= 0.3 is 15.1 Å². The maximum Gasteiger partial charge on any atom is 0.353 e. The minimum absolute atomic E-state index is 0.105. The van der Waals surface area contributed by atoms with E-state index in [1.54, 1.807) is 6.92 Å². The van der Waals surface area contributed by atoms with E-state index in [-0.39, 0.29) is 17.1 Å². The summed E-state index contributed by atoms with van der Waals surface area (Å²) < 4.78 is 13.1. The smallest absolute Gasteiger partial charge is 0.352 e. The van der Waals surface area contributed by atoms with E-state index in [1.807, 2.05) is 32.9 Å². The number of hydrogen-bond donors (Lipinski definition) is 0. The molecular formula is C23H38O6P+. The predicted molar refractivity (Wildman–Crippen MR) is 120 cm³/mol. The zero-order chi connectivity index (χ0) is 23.6. The van der Waals surface area contributed by atoms with Crippen LogP contribution in [0, 0.1) is 38.0 Å². The van der Waals surface area contributed by atoms with Crippen LogP contribution >= 0.6 is 9.12 Å². The van der Waals surface area contributed by atoms with Crippen molar-refractivity contribution in [3.8, 4) is 0 Å². The molecule has 0 amide bonds. The Morgan fingerprint density at radius 1 is 1.03 bits per heavy atom. The van der Waals surface area contributed by atoms with Gasteiger partial charge in [-0.05, 0) is 63.0 Å². The molecule has 0 aromatic heterocycles. The first kappa shape index (κ1) is 28.4. The molecular weight excluding hydrogens is 403 g/mol. The number of rotatable bonds is 9. The third kappa shape index (κ3) is 9.46. The Bertz CT molecular complexity index is 687. The Balaban J connectivity index is 0.00000407. The van der Waals surface area contributed by atoms with Crippen molar-refractivity contribution in [2.75, 3.05) is 7.11 Å². The van der Waals surface area contributed by atoms with Gasteiger partial charge in [0, 0.05) is 12.7 Å². The number of ketones is 1. The maximum absolute atomic E-state index is 13.4. The maximum atomic E-state index is 13.4. The standard InChI is InChI=1S/C23H36O5.H2OP/c1-14-10-16(3)20(17(4)11-14)21(24)19(12-15(2)13-23(6,7)8)22(25)28-27-18(5)26-9;1-2/h10-11,15,18-19H,12-13H2,1-9H3;2H2/q;+1. The zero-order valence-electron chi connectivity index (χ0n) is 19.8. The average Bonchev–Trinajstić information content (AvgIpc) is 2.63. The van der Waals surface area contributed by atoms with Crippen molar-refractivity contribution in [2.45, 2.75) is 74.5 Å². The van der Waals surface area contributed by atoms with Gasteiger partial charge in [0.2, 0.25) is 0 Å². The van der Waals surface area contributed by atoms with Gasteiger partial charge in [0.1, 0.15) is 5.92 Å². The third-order valence-corrected chi connectivity index (χ3v) is 4.72. The molecule has 0 fully saturated rings. The molecule has 0 saturated carbocycles. The minimum atomic E-state index is -0.915. The van der Waals surface area contributed by atoms with Crippen LogP contribution in [0.2, 0.25) is 0 Å². The van der Waals surface area contributed by atoms with E-state index in [2.05, 4.69) is 27.7 Å². The Labute approximate surface area is 183 Å². The second kappa shape index (κ2) is 12.9. The summed E-state index contributed by atoms with van der Waals surface area (Å²) in [5.41, 5.74) is 3.53. The normalized spacial score (nSPS) is 14.2. The molecule has 1 aromatic carbocycles. The quantitative estimate of drug-likeness (QED) is 0.125. The van der Waals surface area contributed by atoms with Crippen LogP contribution in [0.4, 0.5) is 0 Å². The highest BCUT2D eigenvalue weighted by atomic mass is 31.0. The summed E-state index contributed by atoms with van der Waals surface area (Å²) >= 11 is 0. The van der Waals surface area contributed by atoms with E-state index in [1.165, 1.54) is 16.2 Å². The summed E-state index contributed by atoms with van der Waals surface area (Å²) in [7, 11) is 2.62. The van der Waals surface area contributed by atoms with Crippen molar-refractivity contribution in [2.24, 2.45) is 17.3 Å². The van der Waals surface area contributed by atoms with Crippen molar-refractivity contribution >= 4 is 20.9 Å². The van der Waals surface area contributed by atoms with Crippen molar-refractivity contribution in [3.63, 3.8) is 0 Å². The minimum Gasteiger partial charge on any atom is -0.352 e. The van der Waals surface area contributed by atoms with E-state index >= 15 is 0 Å². The number of Topliss-reactive ketones (excluding diaryl/α,β-unsaturated/α-hetero) is 1. The zero-order valence-corrected chi connectivity index (χ0v) is 21.0. The van der Waals surface area contributed by atoms with Gasteiger partial charge in [0.15, 0.2) is 12.1 Å². The second-order valence-corrected chi connectivity index (χ2v) is 9.10. The molecule has 4 atom stereocenters. The van der Waals surface area contributed by atoms with E-state index in [4.69, 9.17) is 19.1 Å². The lowest BCUT2D eigenvalue weighted by atomic mass is 9.79. The van der Waals surface area contributed by atoms with Gasteiger partial charge in [0.25, 0.3) is 0 Å². The summed E-state index contributed by atoms with van der Waals surface area (Å²) in [6, 6.07) is 3.93. The molecule has 0 aliphatic carbocycles. The molecule has 0 heterocycles. The van der Waals surface area contributed by atoms with Gasteiger partial charge in [-0.15, -0.1) is 0 Å². The Kier molecular flexibility index (Phi) is 12.2. The fourth-order valence-electron chi connectivity index (χ4n) is 3.80. The SMILES string of the molecule is COC(C)OOC(=O)C(CC(C)CC(C)(C)C)C(=O)c1c(C)cc(C)cc1C.O=[PH2+]. The van der Waals surface area contributed by atoms with Crippen molar-refractivity contribution in [3.05, 3.63) is 34.4 Å². The lowest BCUT2D eigenvalue weighted by Gasteiger charge is -2.26. The molecule has 7 heteroatoms. The molecule has 0 bridgehead atoms. The summed E-state index contributed by atoms with van der Waals surface area (Å²) in [6.45, 7) is 15.9. The van der Waals surface area contributed by atoms with E-state index < -0.39 is 18.2 Å². The van der Waals surface area contributed by atoms with Gasteiger partial charge in [-0.3, -0.25) is 9.68 Å². The monoisotopic (exact) mass is 441 g/mol. The molecule has 4 unspecified atom stereocenters. The molecule has 0 aliphatic rings. The molecule has 1 aromatic rings. The van der Waals surface area contributed by atoms with E-state index in [0.29, 0.717) is 12.0 Å². The molecule has 1 rings (SSSR count). The first-order valence-corrected chi connectivity index (χ1v) is 10.6. The molecule has 0 aliphatic heterocycles. The van der Waals surface area contributed by atoms with Crippen LogP contribution in [0.5, 0.6) is 0 Å². The molecule has 0 radical (unpaired) electrons. The van der Waals surface area contributed by atoms with Gasteiger partial charge in [-0.1, -0.05) is 50.0 Å². The third-order valence-electron chi connectivity index (χ3n) is 4.72. The predicted octanol–water partition coefficient (Wildman–Crippen LogP) is 5.55. The summed E-state index contributed by atoms with van der Waals surface area (Å²) in [5.74, 6) is -1.63. The Morgan fingerprint density at radius 2 is 1.53 bits per heavy atom. The van der Waals surface area contributed by atoms with Crippen LogP contribution in [0.1, 0.15) is 74.5 Å². The number of carbonyl (C=O) groups is 2. The number of hydrogen-bond acceptors (Lipinski definition) is 6. The second-order valence-electron chi connectivity index (χ2n) is 9.10. The topological polar surface area (TPSA) is 78.9 Å². The molecule has 170 valence electrons. The van der Waals surface area contributed by atoms with Crippen LogP contribution in [-0.4, -0.2) is 25.2 Å². The summed E-state index contributed by atoms with van der Waals surface area (Å²) in [5, 5.41) is 0. The Morgan fingerprint density at radius 3 is 1.97 bits per heavy atom. The lowest BCUT2D eigenvalue weighted by Crippen LogP contribution is -2.31. The van der Waals surface area contributed by atoms with Gasteiger partial charge in [-0.2, -0.15) is 4.89 Å². The molecule has 0 saturated heterocycles. The van der Waals surface area contributed by atoms with E-state index in [0.717, 1.165) is 23.1 Å².